The zero-order valence-corrected chi connectivity index (χ0v) is 17.5. The number of fused-ring (bicyclic) bond motifs is 3. The molecular formula is C23H21N5OS. The Bertz CT molecular complexity index is 1280. The highest BCUT2D eigenvalue weighted by atomic mass is 32.2. The lowest BCUT2D eigenvalue weighted by Gasteiger charge is -2.12. The van der Waals surface area contributed by atoms with Crippen LogP contribution in [0.2, 0.25) is 0 Å². The summed E-state index contributed by atoms with van der Waals surface area (Å²) in [5.74, 6) is 0.847. The van der Waals surface area contributed by atoms with Gasteiger partial charge in [-0.2, -0.15) is 5.10 Å². The molecule has 1 unspecified atom stereocenters. The number of hydrogen-bond donors (Lipinski definition) is 2. The summed E-state index contributed by atoms with van der Waals surface area (Å²) in [6.07, 6.45) is 3.66. The van der Waals surface area contributed by atoms with E-state index in [0.29, 0.717) is 0 Å². The monoisotopic (exact) mass is 415 g/mol. The van der Waals surface area contributed by atoms with Crippen LogP contribution in [0.25, 0.3) is 27.5 Å². The van der Waals surface area contributed by atoms with Crippen molar-refractivity contribution in [2.75, 3.05) is 7.11 Å². The van der Waals surface area contributed by atoms with Crippen molar-refractivity contribution < 1.29 is 4.74 Å². The highest BCUT2D eigenvalue weighted by molar-refractivity contribution is 8.03. The van der Waals surface area contributed by atoms with Crippen molar-refractivity contribution in [3.05, 3.63) is 77.5 Å². The van der Waals surface area contributed by atoms with Gasteiger partial charge in [0.05, 0.1) is 36.4 Å². The molecule has 0 bridgehead atoms. The number of nitrogens with one attached hydrogen (secondary N) is 2. The summed E-state index contributed by atoms with van der Waals surface area (Å²) in [5, 5.41) is 12.3. The van der Waals surface area contributed by atoms with Gasteiger partial charge in [0, 0.05) is 23.3 Å². The van der Waals surface area contributed by atoms with Crippen molar-refractivity contribution in [1.29, 1.82) is 0 Å². The summed E-state index contributed by atoms with van der Waals surface area (Å²) < 4.78 is 7.38. The third-order valence-corrected chi connectivity index (χ3v) is 6.09. The molecule has 150 valence electrons. The van der Waals surface area contributed by atoms with Gasteiger partial charge in [-0.1, -0.05) is 30.0 Å². The van der Waals surface area contributed by atoms with Gasteiger partial charge in [-0.25, -0.2) is 0 Å². The van der Waals surface area contributed by atoms with E-state index in [2.05, 4.69) is 68.2 Å². The Kier molecular flexibility index (Phi) is 4.80. The van der Waals surface area contributed by atoms with Crippen molar-refractivity contribution in [2.45, 2.75) is 5.50 Å². The van der Waals surface area contributed by atoms with Crippen molar-refractivity contribution in [3.63, 3.8) is 0 Å². The van der Waals surface area contributed by atoms with Crippen LogP contribution >= 0.6 is 11.8 Å². The Morgan fingerprint density at radius 1 is 1.13 bits per heavy atom. The number of methoxy groups -OCH3 is 1. The fourth-order valence-electron chi connectivity index (χ4n) is 3.64. The van der Waals surface area contributed by atoms with Crippen molar-refractivity contribution in [2.24, 2.45) is 12.1 Å². The normalized spacial score (nSPS) is 16.2. The Balaban J connectivity index is 1.27. The van der Waals surface area contributed by atoms with Crippen LogP contribution in [0.5, 0.6) is 5.75 Å². The predicted molar refractivity (Wildman–Crippen MR) is 124 cm³/mol. The van der Waals surface area contributed by atoms with Crippen LogP contribution in [0.15, 0.2) is 71.3 Å². The van der Waals surface area contributed by atoms with Crippen LogP contribution in [0.4, 0.5) is 0 Å². The van der Waals surface area contributed by atoms with Crippen molar-refractivity contribution in [3.8, 4) is 5.75 Å². The van der Waals surface area contributed by atoms with Gasteiger partial charge in [0.1, 0.15) is 5.75 Å². The third kappa shape index (κ3) is 3.37. The minimum Gasteiger partial charge on any atom is -0.497 e. The van der Waals surface area contributed by atoms with Gasteiger partial charge in [0.15, 0.2) is 5.50 Å². The molecule has 0 aliphatic carbocycles. The Morgan fingerprint density at radius 3 is 2.80 bits per heavy atom. The van der Waals surface area contributed by atoms with Gasteiger partial charge in [0.25, 0.3) is 0 Å². The molecule has 1 aliphatic rings. The van der Waals surface area contributed by atoms with Crippen LogP contribution < -0.4 is 15.5 Å². The standard InChI is InChI=1S/C23H21N5OS/c1-28-21-6-4-3-5-18(21)19-11-16(24-13-22(19)28)12-25-27-23-26-20(14-30-23)15-7-9-17(29-2)10-8-15/h3-14,23,26-27H,1-2H3/b25-12+. The summed E-state index contributed by atoms with van der Waals surface area (Å²) >= 11 is 1.65. The number of ether oxygens (including phenoxy) is 1. The molecule has 3 heterocycles. The van der Waals surface area contributed by atoms with Crippen LogP contribution in [0.1, 0.15) is 11.3 Å². The van der Waals surface area contributed by atoms with Crippen LogP contribution in [-0.4, -0.2) is 28.4 Å². The molecule has 0 radical (unpaired) electrons. The van der Waals surface area contributed by atoms with Crippen LogP contribution in [0.3, 0.4) is 0 Å². The fraction of sp³-hybridized carbons (Fsp3) is 0.130. The maximum absolute atomic E-state index is 5.22. The number of nitrogens with zero attached hydrogens (tertiary/aromatic N) is 3. The SMILES string of the molecule is COc1ccc(C2=CSC(N/N=C/c3cc4c5ccccc5n(C)c4cn3)N2)cc1. The second-order valence-corrected chi connectivity index (χ2v) is 7.99. The molecule has 1 aliphatic heterocycles. The molecule has 30 heavy (non-hydrogen) atoms. The number of pyridine rings is 1. The number of aryl methyl sites for hydroxylation is 1. The summed E-state index contributed by atoms with van der Waals surface area (Å²) in [4.78, 5) is 4.54. The van der Waals surface area contributed by atoms with E-state index in [1.165, 1.54) is 16.3 Å². The minimum atomic E-state index is -0.0281. The van der Waals surface area contributed by atoms with E-state index < -0.39 is 0 Å². The molecule has 6 nitrogen and oxygen atoms in total. The summed E-state index contributed by atoms with van der Waals surface area (Å²) in [7, 11) is 3.74. The van der Waals surface area contributed by atoms with Crippen molar-refractivity contribution >= 4 is 45.5 Å². The lowest BCUT2D eigenvalue weighted by Crippen LogP contribution is -2.31. The molecule has 0 saturated carbocycles. The highest BCUT2D eigenvalue weighted by Crippen LogP contribution is 2.28. The lowest BCUT2D eigenvalue weighted by molar-refractivity contribution is 0.415. The zero-order chi connectivity index (χ0) is 20.5. The quantitative estimate of drug-likeness (QED) is 0.376. The second kappa shape index (κ2) is 7.76. The van der Waals surface area contributed by atoms with Gasteiger partial charge < -0.3 is 14.6 Å². The van der Waals surface area contributed by atoms with Gasteiger partial charge in [-0.05, 0) is 47.4 Å². The Hall–Kier alpha value is -3.45. The number of hydrazone groups is 1. The highest BCUT2D eigenvalue weighted by Gasteiger charge is 2.16. The van der Waals surface area contributed by atoms with Gasteiger partial charge >= 0.3 is 0 Å². The van der Waals surface area contributed by atoms with E-state index in [0.717, 1.165) is 28.2 Å². The maximum Gasteiger partial charge on any atom is 0.165 e. The molecule has 0 amide bonds. The number of aromatic nitrogens is 2. The number of hydrogen-bond acceptors (Lipinski definition) is 6. The van der Waals surface area contributed by atoms with E-state index in [4.69, 9.17) is 4.74 Å². The molecular weight excluding hydrogens is 394 g/mol. The molecule has 2 aromatic carbocycles. The number of rotatable bonds is 5. The average Bonchev–Trinajstić information content (AvgIpc) is 3.37. The third-order valence-electron chi connectivity index (χ3n) is 5.22. The maximum atomic E-state index is 5.22. The summed E-state index contributed by atoms with van der Waals surface area (Å²) in [6, 6.07) is 18.4. The fourth-order valence-corrected chi connectivity index (χ4v) is 4.44. The zero-order valence-electron chi connectivity index (χ0n) is 16.7. The molecule has 4 aromatic rings. The van der Waals surface area contributed by atoms with E-state index in [1.54, 1.807) is 25.1 Å². The Morgan fingerprint density at radius 2 is 1.97 bits per heavy atom. The molecule has 2 aromatic heterocycles. The first-order valence-electron chi connectivity index (χ1n) is 9.61. The molecule has 0 saturated heterocycles. The van der Waals surface area contributed by atoms with Gasteiger partial charge in [-0.3, -0.25) is 10.4 Å². The Labute approximate surface area is 178 Å². The number of benzene rings is 2. The second-order valence-electron chi connectivity index (χ2n) is 7.01. The molecule has 0 fully saturated rings. The average molecular weight is 416 g/mol. The van der Waals surface area contributed by atoms with Crippen LogP contribution in [-0.2, 0) is 7.05 Å². The largest absolute Gasteiger partial charge is 0.497 e. The van der Waals surface area contributed by atoms with E-state index in [-0.39, 0.29) is 5.50 Å². The van der Waals surface area contributed by atoms with Gasteiger partial charge in [0.2, 0.25) is 0 Å². The first kappa shape index (κ1) is 18.6. The first-order chi connectivity index (χ1) is 14.7. The van der Waals surface area contributed by atoms with E-state index >= 15 is 0 Å². The first-order valence-corrected chi connectivity index (χ1v) is 10.6. The smallest absolute Gasteiger partial charge is 0.165 e. The minimum absolute atomic E-state index is 0.0281. The summed E-state index contributed by atoms with van der Waals surface area (Å²) in [5.41, 5.74) is 8.42. The van der Waals surface area contributed by atoms with Crippen molar-refractivity contribution in [1.82, 2.24) is 20.3 Å². The number of para-hydroxylation sites is 1. The van der Waals surface area contributed by atoms with E-state index in [9.17, 15) is 0 Å². The summed E-state index contributed by atoms with van der Waals surface area (Å²) in [6.45, 7) is 0. The molecule has 2 N–H and O–H groups in total. The molecule has 1 atom stereocenters. The molecule has 0 spiro atoms. The number of thioether (sulfide) groups is 1. The lowest BCUT2D eigenvalue weighted by atomic mass is 10.2. The van der Waals surface area contributed by atoms with Gasteiger partial charge in [-0.15, -0.1) is 0 Å². The predicted octanol–water partition coefficient (Wildman–Crippen LogP) is 4.28. The van der Waals surface area contributed by atoms with Crippen LogP contribution in [0, 0.1) is 0 Å². The molecule has 7 heteroatoms. The topological polar surface area (TPSA) is 63.5 Å². The molecule has 5 rings (SSSR count). The van der Waals surface area contributed by atoms with E-state index in [1.807, 2.05) is 30.5 Å².